The summed E-state index contributed by atoms with van der Waals surface area (Å²) in [6.45, 7) is 44.5. The van der Waals surface area contributed by atoms with Crippen LogP contribution in [0, 0.1) is 0 Å². The predicted molar refractivity (Wildman–Crippen MR) is 349 cm³/mol. The molecule has 7 aromatic carbocycles. The Balaban J connectivity index is 1.17. The van der Waals surface area contributed by atoms with Crippen LogP contribution in [-0.4, -0.2) is 17.8 Å². The zero-order valence-electron chi connectivity index (χ0n) is 52.6. The normalized spacial score (nSPS) is 24.7. The quantitative estimate of drug-likeness (QED) is 0.163. The Morgan fingerprint density at radius 3 is 1.54 bits per heavy atom. The minimum absolute atomic E-state index is 0.00894. The van der Waals surface area contributed by atoms with E-state index in [1.807, 2.05) is 0 Å². The fraction of sp³-hybridized carbons (Fsp3) is 0.455. The first-order chi connectivity index (χ1) is 37.9. The summed E-state index contributed by atoms with van der Waals surface area (Å²) in [6.07, 6.45) is 9.68. The summed E-state index contributed by atoms with van der Waals surface area (Å²) in [5.41, 5.74) is 30.4. The summed E-state index contributed by atoms with van der Waals surface area (Å²) in [5, 5.41) is 0. The van der Waals surface area contributed by atoms with Crippen LogP contribution in [-0.2, 0) is 37.9 Å². The number of fused-ring (bicyclic) bond motifs is 14. The lowest BCUT2D eigenvalue weighted by Gasteiger charge is -2.54. The van der Waals surface area contributed by atoms with Crippen LogP contribution in [0.2, 0.25) is 0 Å². The first-order valence-corrected chi connectivity index (χ1v) is 31.4. The van der Waals surface area contributed by atoms with Crippen LogP contribution in [0.4, 0.5) is 39.8 Å². The molecule has 0 N–H and O–H groups in total. The van der Waals surface area contributed by atoms with Crippen LogP contribution in [0.15, 0.2) is 121 Å². The molecule has 4 aliphatic heterocycles. The largest absolute Gasteiger partial charge is 0.335 e. The van der Waals surface area contributed by atoms with Gasteiger partial charge in [0.25, 0.3) is 6.71 Å². The van der Waals surface area contributed by atoms with Crippen LogP contribution in [0.25, 0.3) is 22.3 Å². The van der Waals surface area contributed by atoms with Gasteiger partial charge in [-0.2, -0.15) is 0 Å². The lowest BCUT2D eigenvalue weighted by atomic mass is 9.32. The monoisotopic (exact) mass is 1070 g/mol. The summed E-state index contributed by atoms with van der Waals surface area (Å²) in [6, 6.07) is 50.0. The van der Waals surface area contributed by atoms with E-state index in [1.54, 1.807) is 5.56 Å². The van der Waals surface area contributed by atoms with Crippen LogP contribution >= 0.6 is 0 Å². The number of benzene rings is 7. The molecule has 0 spiro atoms. The lowest BCUT2D eigenvalue weighted by Crippen LogP contribution is -2.65. The molecule has 0 bridgehead atoms. The average molecular weight is 1070 g/mol. The molecule has 81 heavy (non-hydrogen) atoms. The van der Waals surface area contributed by atoms with Crippen molar-refractivity contribution >= 4 is 62.9 Å². The van der Waals surface area contributed by atoms with Crippen LogP contribution in [0.3, 0.4) is 0 Å². The smallest absolute Gasteiger partial charge is 0.252 e. The first-order valence-electron chi connectivity index (χ1n) is 31.4. The van der Waals surface area contributed by atoms with E-state index >= 15 is 0 Å². The Hall–Kier alpha value is -6.00. The van der Waals surface area contributed by atoms with Gasteiger partial charge in [-0.1, -0.05) is 221 Å². The minimum atomic E-state index is -0.271. The molecule has 0 saturated heterocycles. The van der Waals surface area contributed by atoms with Gasteiger partial charge < -0.3 is 14.7 Å². The fourth-order valence-corrected chi connectivity index (χ4v) is 17.7. The highest BCUT2D eigenvalue weighted by molar-refractivity contribution is 7.00. The number of anilines is 7. The number of nitrogens with zero attached hydrogens (tertiary/aromatic N) is 3. The zero-order chi connectivity index (χ0) is 57.3. The maximum Gasteiger partial charge on any atom is 0.252 e. The molecule has 4 unspecified atom stereocenters. The SMILES string of the molecule is CC(C)(C)c1ccc(N2c3cc(N4c5ccc(C(C)(C)C)cc5C5(C)CCCCC45C)cc4c3B(c3cc(C(C)(C)C)cc5c3N4C3(C)CCCCC53C)c3c2ccc2c3C(C)(C)c3ccc(C(C)(C)C)cc3-2)c(-c2ccccc2)c1. The second-order valence-electron chi connectivity index (χ2n) is 32.1. The van der Waals surface area contributed by atoms with E-state index in [1.165, 1.54) is 156 Å². The van der Waals surface area contributed by atoms with Gasteiger partial charge in [-0.15, -0.1) is 0 Å². The van der Waals surface area contributed by atoms with Gasteiger partial charge in [0.15, 0.2) is 0 Å². The van der Waals surface area contributed by atoms with Gasteiger partial charge in [0.1, 0.15) is 0 Å². The molecule has 416 valence electrons. The van der Waals surface area contributed by atoms with E-state index < -0.39 is 0 Å². The van der Waals surface area contributed by atoms with E-state index in [0.29, 0.717) is 0 Å². The van der Waals surface area contributed by atoms with Crippen molar-refractivity contribution in [3.8, 4) is 22.3 Å². The van der Waals surface area contributed by atoms with Crippen molar-refractivity contribution in [2.24, 2.45) is 0 Å². The lowest BCUT2D eigenvalue weighted by molar-refractivity contribution is 0.194. The Morgan fingerprint density at radius 2 is 0.914 bits per heavy atom. The standard InChI is InChI=1S/C77H90BN3/c1-69(2,3)48-28-32-56-55(41-48)53-31-35-62-67(65(53)73(56,13)14)78-59-44-51(72(10,11)12)43-58-68(59)81(77(18)39-25-23-37-75(58,77)16)64-46-52(80-61-34-30-50(71(7,8)9)42-57(61)74(15)36-22-24-38-76(74,80)17)45-63(66(64)78)79(62)60-33-29-49(70(4,5)6)40-54(60)47-26-20-19-21-27-47/h19-21,26-35,40-46H,22-25,36-39H2,1-18H3. The van der Waals surface area contributed by atoms with Gasteiger partial charge in [-0.3, -0.25) is 0 Å². The van der Waals surface area contributed by atoms with Gasteiger partial charge in [-0.25, -0.2) is 0 Å². The summed E-state index contributed by atoms with van der Waals surface area (Å²) in [5.74, 6) is 0. The van der Waals surface area contributed by atoms with Crippen molar-refractivity contribution in [1.82, 2.24) is 0 Å². The predicted octanol–water partition coefficient (Wildman–Crippen LogP) is 18.9. The second kappa shape index (κ2) is 16.6. The van der Waals surface area contributed by atoms with E-state index in [-0.39, 0.29) is 55.7 Å². The van der Waals surface area contributed by atoms with Crippen LogP contribution in [0.1, 0.15) is 221 Å². The molecule has 7 aliphatic rings. The van der Waals surface area contributed by atoms with Gasteiger partial charge >= 0.3 is 0 Å². The molecular formula is C77H90BN3. The molecule has 3 nitrogen and oxygen atoms in total. The van der Waals surface area contributed by atoms with Gasteiger partial charge in [0, 0.05) is 55.9 Å². The van der Waals surface area contributed by atoms with Crippen molar-refractivity contribution in [2.45, 2.75) is 225 Å². The van der Waals surface area contributed by atoms with Gasteiger partial charge in [0.05, 0.1) is 16.8 Å². The van der Waals surface area contributed by atoms with Crippen molar-refractivity contribution < 1.29 is 0 Å². The molecule has 4 heterocycles. The highest BCUT2D eigenvalue weighted by Gasteiger charge is 2.64. The van der Waals surface area contributed by atoms with Gasteiger partial charge in [0.2, 0.25) is 0 Å². The summed E-state index contributed by atoms with van der Waals surface area (Å²) in [4.78, 5) is 8.72. The summed E-state index contributed by atoms with van der Waals surface area (Å²) >= 11 is 0. The second-order valence-corrected chi connectivity index (χ2v) is 32.1. The Kier molecular flexibility index (Phi) is 10.9. The molecule has 2 saturated carbocycles. The highest BCUT2D eigenvalue weighted by Crippen LogP contribution is 2.66. The van der Waals surface area contributed by atoms with Crippen LogP contribution < -0.4 is 31.1 Å². The topological polar surface area (TPSA) is 9.72 Å². The molecule has 4 heteroatoms. The van der Waals surface area contributed by atoms with Crippen LogP contribution in [0.5, 0.6) is 0 Å². The summed E-state index contributed by atoms with van der Waals surface area (Å²) in [7, 11) is 0. The number of hydrogen-bond donors (Lipinski definition) is 0. The minimum Gasteiger partial charge on any atom is -0.335 e. The van der Waals surface area contributed by atoms with E-state index in [4.69, 9.17) is 0 Å². The first kappa shape index (κ1) is 53.0. The molecule has 0 amide bonds. The Labute approximate surface area is 488 Å². The molecule has 0 radical (unpaired) electrons. The Morgan fingerprint density at radius 1 is 0.395 bits per heavy atom. The highest BCUT2D eigenvalue weighted by atomic mass is 15.3. The molecular weight excluding hydrogens is 978 g/mol. The number of hydrogen-bond acceptors (Lipinski definition) is 3. The molecule has 0 aromatic heterocycles. The van der Waals surface area contributed by atoms with Gasteiger partial charge in [-0.05, 0) is 175 Å². The maximum atomic E-state index is 3.01. The van der Waals surface area contributed by atoms with E-state index in [2.05, 4.69) is 261 Å². The fourth-order valence-electron chi connectivity index (χ4n) is 17.7. The van der Waals surface area contributed by atoms with E-state index in [9.17, 15) is 0 Å². The average Bonchev–Trinajstić information content (AvgIpc) is 1.72. The van der Waals surface area contributed by atoms with Crippen molar-refractivity contribution in [3.05, 3.63) is 166 Å². The van der Waals surface area contributed by atoms with E-state index in [0.717, 1.165) is 12.8 Å². The molecule has 7 aromatic rings. The van der Waals surface area contributed by atoms with Crippen molar-refractivity contribution in [3.63, 3.8) is 0 Å². The third-order valence-electron chi connectivity index (χ3n) is 22.9. The molecule has 3 aliphatic carbocycles. The van der Waals surface area contributed by atoms with Crippen molar-refractivity contribution in [2.75, 3.05) is 14.7 Å². The Bertz CT molecular complexity index is 3830. The zero-order valence-corrected chi connectivity index (χ0v) is 52.6. The number of rotatable bonds is 3. The molecule has 2 fully saturated rings. The maximum absolute atomic E-state index is 3.01. The van der Waals surface area contributed by atoms with Crippen molar-refractivity contribution in [1.29, 1.82) is 0 Å². The third-order valence-corrected chi connectivity index (χ3v) is 22.9. The third kappa shape index (κ3) is 7.01. The molecule has 14 rings (SSSR count). The summed E-state index contributed by atoms with van der Waals surface area (Å²) < 4.78 is 0. The molecule has 4 atom stereocenters.